The summed E-state index contributed by atoms with van der Waals surface area (Å²) in [6, 6.07) is 9.73. The second-order valence-electron chi connectivity index (χ2n) is 6.50. The predicted octanol–water partition coefficient (Wildman–Crippen LogP) is 3.22. The highest BCUT2D eigenvalue weighted by molar-refractivity contribution is 7.91. The quantitative estimate of drug-likeness (QED) is 0.914. The number of anilines is 1. The van der Waals surface area contributed by atoms with Gasteiger partial charge < -0.3 is 5.32 Å². The Morgan fingerprint density at radius 1 is 1.22 bits per heavy atom. The van der Waals surface area contributed by atoms with Crippen molar-refractivity contribution >= 4 is 15.5 Å². The number of fused-ring (bicyclic) bond motifs is 1. The van der Waals surface area contributed by atoms with Crippen LogP contribution in [-0.2, 0) is 29.2 Å². The molecule has 4 nitrogen and oxygen atoms in total. The van der Waals surface area contributed by atoms with Crippen molar-refractivity contribution in [2.75, 3.05) is 11.1 Å². The van der Waals surface area contributed by atoms with Crippen LogP contribution in [0, 0.1) is 5.92 Å². The Bertz CT molecular complexity index is 796. The van der Waals surface area contributed by atoms with E-state index in [-0.39, 0.29) is 5.75 Å². The highest BCUT2D eigenvalue weighted by Crippen LogP contribution is 2.28. The summed E-state index contributed by atoms with van der Waals surface area (Å²) in [7, 11) is -3.08. The number of pyridine rings is 1. The van der Waals surface area contributed by atoms with E-state index >= 15 is 0 Å². The molecule has 0 saturated heterocycles. The van der Waals surface area contributed by atoms with E-state index in [0.717, 1.165) is 28.9 Å². The van der Waals surface area contributed by atoms with Crippen molar-refractivity contribution in [3.05, 3.63) is 53.3 Å². The van der Waals surface area contributed by atoms with Crippen LogP contribution in [0.4, 0.5) is 5.69 Å². The Kier molecular flexibility index (Phi) is 4.39. The zero-order valence-electron chi connectivity index (χ0n) is 13.5. The van der Waals surface area contributed by atoms with E-state index < -0.39 is 9.84 Å². The van der Waals surface area contributed by atoms with Crippen LogP contribution in [0.3, 0.4) is 0 Å². The van der Waals surface area contributed by atoms with Crippen LogP contribution in [0.15, 0.2) is 41.4 Å². The minimum atomic E-state index is -3.08. The third-order valence-corrected chi connectivity index (χ3v) is 5.83. The lowest BCUT2D eigenvalue weighted by Crippen LogP contribution is -2.03. The standard InChI is InChI=1S/C18H22N2O2S/c1-13(2)9-16-5-3-14(11-19-16)12-20-17-6-4-15-7-8-23(21,22)18(15)10-17/h3-6,10-11,13,20H,7-9,12H2,1-2H3. The van der Waals surface area contributed by atoms with E-state index in [1.165, 1.54) is 0 Å². The molecule has 5 heteroatoms. The molecule has 122 valence electrons. The van der Waals surface area contributed by atoms with Crippen LogP contribution >= 0.6 is 0 Å². The molecular weight excluding hydrogens is 308 g/mol. The molecule has 0 amide bonds. The second kappa shape index (κ2) is 6.32. The van der Waals surface area contributed by atoms with E-state index in [1.807, 2.05) is 18.3 Å². The van der Waals surface area contributed by atoms with Crippen molar-refractivity contribution in [3.8, 4) is 0 Å². The zero-order valence-corrected chi connectivity index (χ0v) is 14.4. The van der Waals surface area contributed by atoms with Crippen LogP contribution in [-0.4, -0.2) is 19.2 Å². The molecule has 0 fully saturated rings. The highest BCUT2D eigenvalue weighted by Gasteiger charge is 2.26. The van der Waals surface area contributed by atoms with Gasteiger partial charge in [0, 0.05) is 24.1 Å². The van der Waals surface area contributed by atoms with Gasteiger partial charge in [-0.2, -0.15) is 0 Å². The van der Waals surface area contributed by atoms with E-state index in [0.29, 0.717) is 23.8 Å². The van der Waals surface area contributed by atoms with Gasteiger partial charge in [-0.1, -0.05) is 26.0 Å². The molecule has 0 atom stereocenters. The van der Waals surface area contributed by atoms with Crippen LogP contribution in [0.5, 0.6) is 0 Å². The summed E-state index contributed by atoms with van der Waals surface area (Å²) in [5.74, 6) is 0.826. The van der Waals surface area contributed by atoms with Crippen LogP contribution in [0.2, 0.25) is 0 Å². The monoisotopic (exact) mass is 330 g/mol. The molecule has 1 aromatic carbocycles. The summed E-state index contributed by atoms with van der Waals surface area (Å²) in [5.41, 5.74) is 3.95. The summed E-state index contributed by atoms with van der Waals surface area (Å²) < 4.78 is 23.9. The fourth-order valence-electron chi connectivity index (χ4n) is 2.82. The second-order valence-corrected chi connectivity index (χ2v) is 8.58. The van der Waals surface area contributed by atoms with Crippen LogP contribution in [0.1, 0.15) is 30.7 Å². The molecule has 1 aromatic heterocycles. The first kappa shape index (κ1) is 16.0. The van der Waals surface area contributed by atoms with E-state index in [4.69, 9.17) is 0 Å². The van der Waals surface area contributed by atoms with Gasteiger partial charge in [0.25, 0.3) is 0 Å². The molecule has 23 heavy (non-hydrogen) atoms. The molecule has 2 aromatic rings. The maximum absolute atomic E-state index is 12.0. The van der Waals surface area contributed by atoms with E-state index in [9.17, 15) is 8.42 Å². The summed E-state index contributed by atoms with van der Waals surface area (Å²) in [5, 5.41) is 3.28. The number of hydrogen-bond donors (Lipinski definition) is 1. The fraction of sp³-hybridized carbons (Fsp3) is 0.389. The van der Waals surface area contributed by atoms with Crippen LogP contribution < -0.4 is 5.32 Å². The average molecular weight is 330 g/mol. The average Bonchev–Trinajstić information content (AvgIpc) is 2.81. The number of benzene rings is 1. The minimum Gasteiger partial charge on any atom is -0.381 e. The summed E-state index contributed by atoms with van der Waals surface area (Å²) in [6.45, 7) is 4.99. The van der Waals surface area contributed by atoms with Crippen molar-refractivity contribution in [1.82, 2.24) is 4.98 Å². The predicted molar refractivity (Wildman–Crippen MR) is 92.3 cm³/mol. The molecule has 0 saturated carbocycles. The topological polar surface area (TPSA) is 59.1 Å². The van der Waals surface area contributed by atoms with Gasteiger partial charge >= 0.3 is 0 Å². The van der Waals surface area contributed by atoms with Gasteiger partial charge in [-0.15, -0.1) is 0 Å². The van der Waals surface area contributed by atoms with Gasteiger partial charge in [0.2, 0.25) is 0 Å². The van der Waals surface area contributed by atoms with E-state index in [2.05, 4.69) is 36.3 Å². The summed E-state index contributed by atoms with van der Waals surface area (Å²) in [6.07, 6.45) is 3.49. The molecular formula is C18H22N2O2S. The molecule has 0 radical (unpaired) electrons. The Balaban J connectivity index is 1.67. The van der Waals surface area contributed by atoms with Crippen molar-refractivity contribution < 1.29 is 8.42 Å². The fourth-order valence-corrected chi connectivity index (χ4v) is 4.40. The Hall–Kier alpha value is -1.88. The molecule has 0 unspecified atom stereocenters. The SMILES string of the molecule is CC(C)Cc1ccc(CNc2ccc3c(c2)S(=O)(=O)CC3)cn1. The smallest absolute Gasteiger partial charge is 0.179 e. The molecule has 0 spiro atoms. The number of aromatic nitrogens is 1. The van der Waals surface area contributed by atoms with Crippen molar-refractivity contribution in [2.24, 2.45) is 5.92 Å². The van der Waals surface area contributed by atoms with Gasteiger partial charge in [0.1, 0.15) is 0 Å². The van der Waals surface area contributed by atoms with Gasteiger partial charge in [-0.25, -0.2) is 8.42 Å². The molecule has 3 rings (SSSR count). The first-order valence-corrected chi connectivity index (χ1v) is 9.62. The normalized spacial score (nSPS) is 15.6. The first-order valence-electron chi connectivity index (χ1n) is 7.97. The number of hydrogen-bond acceptors (Lipinski definition) is 4. The number of rotatable bonds is 5. The molecule has 1 aliphatic heterocycles. The summed E-state index contributed by atoms with van der Waals surface area (Å²) in [4.78, 5) is 4.96. The maximum atomic E-state index is 12.0. The third-order valence-electron chi connectivity index (χ3n) is 4.04. The van der Waals surface area contributed by atoms with E-state index in [1.54, 1.807) is 6.07 Å². The number of aryl methyl sites for hydroxylation is 1. The molecule has 1 N–H and O–H groups in total. The van der Waals surface area contributed by atoms with Crippen molar-refractivity contribution in [3.63, 3.8) is 0 Å². The molecule has 2 heterocycles. The van der Waals surface area contributed by atoms with Gasteiger partial charge in [0.15, 0.2) is 9.84 Å². The lowest BCUT2D eigenvalue weighted by atomic mass is 10.1. The van der Waals surface area contributed by atoms with Crippen molar-refractivity contribution in [2.45, 2.75) is 38.1 Å². The lowest BCUT2D eigenvalue weighted by Gasteiger charge is -2.09. The van der Waals surface area contributed by atoms with Gasteiger partial charge in [-0.05, 0) is 48.1 Å². The largest absolute Gasteiger partial charge is 0.381 e. The van der Waals surface area contributed by atoms with Crippen LogP contribution in [0.25, 0.3) is 0 Å². The zero-order chi connectivity index (χ0) is 16.4. The Morgan fingerprint density at radius 2 is 2.04 bits per heavy atom. The number of nitrogens with zero attached hydrogens (tertiary/aromatic N) is 1. The maximum Gasteiger partial charge on any atom is 0.179 e. The summed E-state index contributed by atoms with van der Waals surface area (Å²) >= 11 is 0. The third kappa shape index (κ3) is 3.72. The Labute approximate surface area is 137 Å². The first-order chi connectivity index (χ1) is 10.9. The molecule has 0 aliphatic carbocycles. The lowest BCUT2D eigenvalue weighted by molar-refractivity contribution is 0.600. The van der Waals surface area contributed by atoms with Gasteiger partial charge in [-0.3, -0.25) is 4.98 Å². The molecule has 0 bridgehead atoms. The van der Waals surface area contributed by atoms with Gasteiger partial charge in [0.05, 0.1) is 10.6 Å². The Morgan fingerprint density at radius 3 is 2.74 bits per heavy atom. The highest BCUT2D eigenvalue weighted by atomic mass is 32.2. The number of nitrogens with one attached hydrogen (secondary N) is 1. The number of sulfone groups is 1. The molecule has 1 aliphatic rings. The van der Waals surface area contributed by atoms with Crippen molar-refractivity contribution in [1.29, 1.82) is 0 Å². The minimum absolute atomic E-state index is 0.229.